The van der Waals surface area contributed by atoms with Crippen molar-refractivity contribution in [2.24, 2.45) is 7.05 Å². The molecule has 3 aromatic rings. The minimum absolute atomic E-state index is 0.236. The fourth-order valence-electron chi connectivity index (χ4n) is 2.40. The van der Waals surface area contributed by atoms with Crippen molar-refractivity contribution >= 4 is 34.5 Å². The van der Waals surface area contributed by atoms with Crippen molar-refractivity contribution in [2.45, 2.75) is 11.8 Å². The summed E-state index contributed by atoms with van der Waals surface area (Å²) in [5.41, 5.74) is 2.31. The number of fused-ring (bicyclic) bond motifs is 1. The first-order valence-corrected chi connectivity index (χ1v) is 8.36. The number of nitrogens with zero attached hydrogens (tertiary/aromatic N) is 2. The number of urea groups is 1. The maximum atomic E-state index is 11.8. The summed E-state index contributed by atoms with van der Waals surface area (Å²) in [6.45, 7) is 2.66. The number of aryl methyl sites for hydroxylation is 2. The summed E-state index contributed by atoms with van der Waals surface area (Å²) >= 11 is 1.74. The standard InChI is InChI=1S/C16H19N5OS/c1-11-15(12-5-3-4-6-13(12)18-11)23-10-8-17-16(22)19-14-7-9-21(2)20-14/h3-7,9,18H,8,10H2,1-2H3,(H2,17,19,20,22). The van der Waals surface area contributed by atoms with E-state index >= 15 is 0 Å². The molecule has 0 aliphatic heterocycles. The fourth-order valence-corrected chi connectivity index (χ4v) is 3.41. The van der Waals surface area contributed by atoms with Gasteiger partial charge in [0.15, 0.2) is 5.82 Å². The van der Waals surface area contributed by atoms with Crippen LogP contribution in [0.3, 0.4) is 0 Å². The van der Waals surface area contributed by atoms with Crippen molar-refractivity contribution in [2.75, 3.05) is 17.6 Å². The number of carbonyl (C=O) groups is 1. The first-order valence-electron chi connectivity index (χ1n) is 7.38. The third kappa shape index (κ3) is 3.68. The highest BCUT2D eigenvalue weighted by Crippen LogP contribution is 2.30. The van der Waals surface area contributed by atoms with Gasteiger partial charge in [-0.05, 0) is 13.0 Å². The molecular weight excluding hydrogens is 310 g/mol. The maximum absolute atomic E-state index is 11.8. The van der Waals surface area contributed by atoms with Gasteiger partial charge in [-0.1, -0.05) is 18.2 Å². The van der Waals surface area contributed by atoms with Crippen LogP contribution in [0.1, 0.15) is 5.69 Å². The van der Waals surface area contributed by atoms with Gasteiger partial charge in [0.25, 0.3) is 0 Å². The number of anilines is 1. The maximum Gasteiger partial charge on any atom is 0.320 e. The molecule has 7 heteroatoms. The van der Waals surface area contributed by atoms with Crippen LogP contribution in [0.5, 0.6) is 0 Å². The Bertz CT molecular complexity index is 823. The van der Waals surface area contributed by atoms with Gasteiger partial charge in [-0.25, -0.2) is 4.79 Å². The minimum atomic E-state index is -0.236. The first kappa shape index (κ1) is 15.5. The normalized spacial score (nSPS) is 10.9. The topological polar surface area (TPSA) is 74.7 Å². The molecule has 0 unspecified atom stereocenters. The van der Waals surface area contributed by atoms with E-state index in [2.05, 4.69) is 39.8 Å². The number of hydrogen-bond acceptors (Lipinski definition) is 3. The van der Waals surface area contributed by atoms with Crippen LogP contribution in [0.15, 0.2) is 41.4 Å². The van der Waals surface area contributed by atoms with Gasteiger partial charge in [0.1, 0.15) is 0 Å². The number of aromatic nitrogens is 3. The molecule has 0 saturated carbocycles. The van der Waals surface area contributed by atoms with Crippen LogP contribution < -0.4 is 10.6 Å². The molecule has 6 nitrogen and oxygen atoms in total. The van der Waals surface area contributed by atoms with E-state index < -0.39 is 0 Å². The van der Waals surface area contributed by atoms with Crippen LogP contribution in [0.25, 0.3) is 10.9 Å². The summed E-state index contributed by atoms with van der Waals surface area (Å²) in [7, 11) is 1.81. The predicted molar refractivity (Wildman–Crippen MR) is 94.0 cm³/mol. The van der Waals surface area contributed by atoms with E-state index in [0.29, 0.717) is 12.4 Å². The smallest absolute Gasteiger partial charge is 0.320 e. The summed E-state index contributed by atoms with van der Waals surface area (Å²) in [6, 6.07) is 9.77. The third-order valence-electron chi connectivity index (χ3n) is 3.42. The van der Waals surface area contributed by atoms with Crippen molar-refractivity contribution in [3.63, 3.8) is 0 Å². The highest BCUT2D eigenvalue weighted by Gasteiger charge is 2.08. The number of amides is 2. The average molecular weight is 329 g/mol. The molecule has 2 heterocycles. The van der Waals surface area contributed by atoms with E-state index in [0.717, 1.165) is 17.0 Å². The summed E-state index contributed by atoms with van der Waals surface area (Å²) in [5, 5.41) is 10.9. The highest BCUT2D eigenvalue weighted by atomic mass is 32.2. The number of nitrogens with one attached hydrogen (secondary N) is 3. The molecule has 0 spiro atoms. The van der Waals surface area contributed by atoms with E-state index in [1.54, 1.807) is 28.7 Å². The van der Waals surface area contributed by atoms with Crippen molar-refractivity contribution in [1.82, 2.24) is 20.1 Å². The van der Waals surface area contributed by atoms with Crippen LogP contribution in [-0.2, 0) is 7.05 Å². The lowest BCUT2D eigenvalue weighted by atomic mass is 10.2. The Labute approximate surface area is 138 Å². The lowest BCUT2D eigenvalue weighted by Gasteiger charge is -2.06. The van der Waals surface area contributed by atoms with Gasteiger partial charge >= 0.3 is 6.03 Å². The molecule has 0 aliphatic rings. The van der Waals surface area contributed by atoms with E-state index in [1.165, 1.54) is 10.3 Å². The first-order chi connectivity index (χ1) is 11.1. The van der Waals surface area contributed by atoms with Crippen LogP contribution in [-0.4, -0.2) is 33.1 Å². The van der Waals surface area contributed by atoms with Gasteiger partial charge in [0.2, 0.25) is 0 Å². The molecule has 1 aromatic carbocycles. The van der Waals surface area contributed by atoms with E-state index in [9.17, 15) is 4.79 Å². The van der Waals surface area contributed by atoms with Gasteiger partial charge in [-0.3, -0.25) is 10.00 Å². The van der Waals surface area contributed by atoms with Crippen molar-refractivity contribution in [1.29, 1.82) is 0 Å². The fraction of sp³-hybridized carbons (Fsp3) is 0.250. The second-order valence-corrected chi connectivity index (χ2v) is 6.33. The minimum Gasteiger partial charge on any atom is -0.358 e. The number of para-hydroxylation sites is 1. The van der Waals surface area contributed by atoms with Gasteiger partial charge < -0.3 is 10.3 Å². The zero-order valence-corrected chi connectivity index (χ0v) is 13.9. The summed E-state index contributed by atoms with van der Waals surface area (Å²) in [6.07, 6.45) is 1.78. The molecule has 0 radical (unpaired) electrons. The lowest BCUT2D eigenvalue weighted by Crippen LogP contribution is -2.30. The SMILES string of the molecule is Cc1[nH]c2ccccc2c1SCCNC(=O)Nc1ccn(C)n1. The zero-order chi connectivity index (χ0) is 16.2. The largest absolute Gasteiger partial charge is 0.358 e. The molecule has 120 valence electrons. The monoisotopic (exact) mass is 329 g/mol. The van der Waals surface area contributed by atoms with E-state index in [4.69, 9.17) is 0 Å². The summed E-state index contributed by atoms with van der Waals surface area (Å²) in [4.78, 5) is 16.4. The Kier molecular flexibility index (Phi) is 4.57. The van der Waals surface area contributed by atoms with E-state index in [-0.39, 0.29) is 6.03 Å². The Morgan fingerprint density at radius 1 is 1.35 bits per heavy atom. The van der Waals surface area contributed by atoms with E-state index in [1.807, 2.05) is 19.2 Å². The molecule has 0 fully saturated rings. The molecule has 2 amide bonds. The average Bonchev–Trinajstić information content (AvgIpc) is 3.06. The van der Waals surface area contributed by atoms with Crippen molar-refractivity contribution < 1.29 is 4.79 Å². The van der Waals surface area contributed by atoms with Crippen LogP contribution in [0.4, 0.5) is 10.6 Å². The molecule has 3 rings (SSSR count). The number of carbonyl (C=O) groups excluding carboxylic acids is 1. The molecule has 0 bridgehead atoms. The lowest BCUT2D eigenvalue weighted by molar-refractivity contribution is 0.252. The molecule has 2 aromatic heterocycles. The Balaban J connectivity index is 1.49. The number of benzene rings is 1. The Morgan fingerprint density at radius 3 is 2.96 bits per heavy atom. The number of aromatic amines is 1. The number of H-pyrrole nitrogens is 1. The molecule has 0 aliphatic carbocycles. The third-order valence-corrected chi connectivity index (χ3v) is 4.65. The van der Waals surface area contributed by atoms with Crippen molar-refractivity contribution in [3.05, 3.63) is 42.2 Å². The molecule has 0 saturated heterocycles. The molecule has 23 heavy (non-hydrogen) atoms. The van der Waals surface area contributed by atoms with Crippen LogP contribution >= 0.6 is 11.8 Å². The van der Waals surface area contributed by atoms with Crippen LogP contribution in [0, 0.1) is 6.92 Å². The van der Waals surface area contributed by atoms with Gasteiger partial charge in [0.05, 0.1) is 0 Å². The van der Waals surface area contributed by atoms with Gasteiger partial charge in [-0.2, -0.15) is 5.10 Å². The number of rotatable bonds is 5. The van der Waals surface area contributed by atoms with Crippen molar-refractivity contribution in [3.8, 4) is 0 Å². The number of thioether (sulfide) groups is 1. The van der Waals surface area contributed by atoms with Gasteiger partial charge in [0, 0.05) is 53.1 Å². The quantitative estimate of drug-likeness (QED) is 0.497. The molecule has 0 atom stereocenters. The zero-order valence-electron chi connectivity index (χ0n) is 13.1. The predicted octanol–water partition coefficient (Wildman–Crippen LogP) is 3.12. The van der Waals surface area contributed by atoms with Gasteiger partial charge in [-0.15, -0.1) is 11.8 Å². The summed E-state index contributed by atoms with van der Waals surface area (Å²) < 4.78 is 1.64. The molecular formula is C16H19N5OS. The van der Waals surface area contributed by atoms with Crippen LogP contribution in [0.2, 0.25) is 0 Å². The second kappa shape index (κ2) is 6.78. The molecule has 3 N–H and O–H groups in total. The Hall–Kier alpha value is -2.41. The summed E-state index contributed by atoms with van der Waals surface area (Å²) in [5.74, 6) is 1.35. The second-order valence-electron chi connectivity index (χ2n) is 5.23. The highest BCUT2D eigenvalue weighted by molar-refractivity contribution is 7.99. The Morgan fingerprint density at radius 2 is 2.17 bits per heavy atom. The number of hydrogen-bond donors (Lipinski definition) is 3.